The molecule has 2 amide bonds. The Hall–Kier alpha value is -3.39. The average Bonchev–Trinajstić information content (AvgIpc) is 3.33. The topological polar surface area (TPSA) is 89.6 Å². The molecule has 8 heteroatoms. The molecule has 0 atom stereocenters. The van der Waals surface area contributed by atoms with E-state index in [1.807, 2.05) is 32.0 Å². The van der Waals surface area contributed by atoms with Gasteiger partial charge in [-0.1, -0.05) is 18.2 Å². The second-order valence-electron chi connectivity index (χ2n) is 6.66. The third kappa shape index (κ3) is 4.22. The molecule has 7 nitrogen and oxygen atoms in total. The Morgan fingerprint density at radius 2 is 1.83 bits per heavy atom. The van der Waals surface area contributed by atoms with Crippen molar-refractivity contribution < 1.29 is 19.1 Å². The molecule has 0 radical (unpaired) electrons. The molecule has 0 bridgehead atoms. The molecule has 29 heavy (non-hydrogen) atoms. The standard InChI is InChI=1S/C21H19N3O4S/c1-12-4-3-5-13(2)19(12)23-18(25)9-15-10-29-21(22-15)24-20(26)14-6-7-16-17(8-14)28-11-27-16/h3-8,10H,9,11H2,1-2H3,(H,23,25)(H,22,24,26). The van der Waals surface area contributed by atoms with E-state index in [1.54, 1.807) is 23.6 Å². The minimum Gasteiger partial charge on any atom is -0.454 e. The van der Waals surface area contributed by atoms with Crippen LogP contribution in [0.3, 0.4) is 0 Å². The van der Waals surface area contributed by atoms with E-state index in [0.717, 1.165) is 16.8 Å². The summed E-state index contributed by atoms with van der Waals surface area (Å²) in [5, 5.41) is 7.89. The highest BCUT2D eigenvalue weighted by molar-refractivity contribution is 7.14. The Morgan fingerprint density at radius 3 is 2.62 bits per heavy atom. The molecule has 1 aromatic heterocycles. The van der Waals surface area contributed by atoms with Gasteiger partial charge in [0, 0.05) is 16.6 Å². The van der Waals surface area contributed by atoms with Crippen LogP contribution in [0.15, 0.2) is 41.8 Å². The summed E-state index contributed by atoms with van der Waals surface area (Å²) in [6.07, 6.45) is 0.129. The monoisotopic (exact) mass is 409 g/mol. The number of rotatable bonds is 5. The summed E-state index contributed by atoms with van der Waals surface area (Å²) in [7, 11) is 0. The fourth-order valence-electron chi connectivity index (χ4n) is 3.01. The summed E-state index contributed by atoms with van der Waals surface area (Å²) in [5.41, 5.74) is 3.88. The molecular formula is C21H19N3O4S. The number of ether oxygens (including phenoxy) is 2. The lowest BCUT2D eigenvalue weighted by molar-refractivity contribution is -0.115. The fraction of sp³-hybridized carbons (Fsp3) is 0.190. The smallest absolute Gasteiger partial charge is 0.257 e. The predicted molar refractivity (Wildman–Crippen MR) is 111 cm³/mol. The molecule has 0 saturated heterocycles. The lowest BCUT2D eigenvalue weighted by atomic mass is 10.1. The molecule has 2 aromatic carbocycles. The maximum atomic E-state index is 12.4. The number of nitrogens with one attached hydrogen (secondary N) is 2. The van der Waals surface area contributed by atoms with Crippen molar-refractivity contribution in [2.24, 2.45) is 0 Å². The summed E-state index contributed by atoms with van der Waals surface area (Å²) >= 11 is 1.27. The second kappa shape index (κ2) is 7.92. The number of carbonyl (C=O) groups is 2. The van der Waals surface area contributed by atoms with E-state index >= 15 is 0 Å². The Labute approximate surface area is 171 Å². The lowest BCUT2D eigenvalue weighted by Crippen LogP contribution is -2.16. The third-order valence-electron chi connectivity index (χ3n) is 4.49. The normalized spacial score (nSPS) is 11.9. The van der Waals surface area contributed by atoms with Crippen LogP contribution in [-0.4, -0.2) is 23.6 Å². The van der Waals surface area contributed by atoms with E-state index in [2.05, 4.69) is 15.6 Å². The number of amides is 2. The number of nitrogens with zero attached hydrogens (tertiary/aromatic N) is 1. The molecule has 2 N–H and O–H groups in total. The summed E-state index contributed by atoms with van der Waals surface area (Å²) in [6, 6.07) is 10.8. The van der Waals surface area contributed by atoms with Gasteiger partial charge in [-0.05, 0) is 43.2 Å². The molecular weight excluding hydrogens is 390 g/mol. The molecule has 1 aliphatic rings. The zero-order valence-electron chi connectivity index (χ0n) is 15.9. The van der Waals surface area contributed by atoms with Crippen LogP contribution in [0.4, 0.5) is 10.8 Å². The number of aromatic nitrogens is 1. The van der Waals surface area contributed by atoms with Crippen molar-refractivity contribution in [1.29, 1.82) is 0 Å². The van der Waals surface area contributed by atoms with Crippen LogP contribution >= 0.6 is 11.3 Å². The van der Waals surface area contributed by atoms with Gasteiger partial charge >= 0.3 is 0 Å². The molecule has 0 spiro atoms. The number of hydrogen-bond acceptors (Lipinski definition) is 6. The van der Waals surface area contributed by atoms with Gasteiger partial charge in [-0.25, -0.2) is 4.98 Å². The van der Waals surface area contributed by atoms with Crippen LogP contribution in [0.25, 0.3) is 0 Å². The van der Waals surface area contributed by atoms with Crippen molar-refractivity contribution in [2.45, 2.75) is 20.3 Å². The number of fused-ring (bicyclic) bond motifs is 1. The predicted octanol–water partition coefficient (Wildman–Crippen LogP) is 3.92. The molecule has 4 rings (SSSR count). The van der Waals surface area contributed by atoms with Crippen LogP contribution in [0.1, 0.15) is 27.2 Å². The summed E-state index contributed by atoms with van der Waals surface area (Å²) in [4.78, 5) is 29.2. The SMILES string of the molecule is Cc1cccc(C)c1NC(=O)Cc1csc(NC(=O)c2ccc3c(c2)OCO3)n1. The largest absolute Gasteiger partial charge is 0.454 e. The number of thiazole rings is 1. The highest BCUT2D eigenvalue weighted by atomic mass is 32.1. The Kier molecular flexibility index (Phi) is 5.18. The van der Waals surface area contributed by atoms with E-state index in [1.165, 1.54) is 11.3 Å². The van der Waals surface area contributed by atoms with Gasteiger partial charge in [-0.3, -0.25) is 14.9 Å². The highest BCUT2D eigenvalue weighted by Gasteiger charge is 2.17. The molecule has 0 saturated carbocycles. The number of aryl methyl sites for hydroxylation is 2. The van der Waals surface area contributed by atoms with Crippen LogP contribution in [0, 0.1) is 13.8 Å². The molecule has 2 heterocycles. The summed E-state index contributed by atoms with van der Waals surface area (Å²) in [5.74, 6) is 0.708. The first kappa shape index (κ1) is 18.9. The first-order chi connectivity index (χ1) is 14.0. The Balaban J connectivity index is 1.38. The molecule has 3 aromatic rings. The fourth-order valence-corrected chi connectivity index (χ4v) is 3.72. The third-order valence-corrected chi connectivity index (χ3v) is 5.30. The number of anilines is 2. The Morgan fingerprint density at radius 1 is 1.07 bits per heavy atom. The number of benzene rings is 2. The number of hydrogen-bond donors (Lipinski definition) is 2. The van der Waals surface area contributed by atoms with Crippen molar-refractivity contribution >= 4 is 34.0 Å². The first-order valence-electron chi connectivity index (χ1n) is 9.01. The minimum absolute atomic E-state index is 0.129. The van der Waals surface area contributed by atoms with E-state index in [-0.39, 0.29) is 25.0 Å². The van der Waals surface area contributed by atoms with Crippen molar-refractivity contribution in [2.75, 3.05) is 17.4 Å². The minimum atomic E-state index is -0.302. The summed E-state index contributed by atoms with van der Waals surface area (Å²) < 4.78 is 10.5. The number of carbonyl (C=O) groups excluding carboxylic acids is 2. The van der Waals surface area contributed by atoms with Crippen LogP contribution in [-0.2, 0) is 11.2 Å². The van der Waals surface area contributed by atoms with Gasteiger partial charge in [0.15, 0.2) is 16.6 Å². The zero-order valence-corrected chi connectivity index (χ0v) is 16.8. The second-order valence-corrected chi connectivity index (χ2v) is 7.52. The maximum absolute atomic E-state index is 12.4. The quantitative estimate of drug-likeness (QED) is 0.667. The van der Waals surface area contributed by atoms with E-state index in [4.69, 9.17) is 9.47 Å². The van der Waals surface area contributed by atoms with Crippen molar-refractivity contribution in [1.82, 2.24) is 4.98 Å². The van der Waals surface area contributed by atoms with Gasteiger partial charge in [0.2, 0.25) is 12.7 Å². The van der Waals surface area contributed by atoms with E-state index < -0.39 is 0 Å². The zero-order chi connectivity index (χ0) is 20.4. The first-order valence-corrected chi connectivity index (χ1v) is 9.89. The van der Waals surface area contributed by atoms with Gasteiger partial charge in [-0.15, -0.1) is 11.3 Å². The van der Waals surface area contributed by atoms with Gasteiger partial charge in [0.25, 0.3) is 5.91 Å². The van der Waals surface area contributed by atoms with Crippen LogP contribution in [0.2, 0.25) is 0 Å². The molecule has 0 fully saturated rings. The molecule has 0 unspecified atom stereocenters. The average molecular weight is 409 g/mol. The molecule has 0 aliphatic carbocycles. The van der Waals surface area contributed by atoms with Crippen molar-refractivity contribution in [3.05, 3.63) is 64.2 Å². The van der Waals surface area contributed by atoms with Crippen molar-refractivity contribution in [3.63, 3.8) is 0 Å². The van der Waals surface area contributed by atoms with Crippen LogP contribution in [0.5, 0.6) is 11.5 Å². The van der Waals surface area contributed by atoms with Gasteiger partial charge in [0.1, 0.15) is 0 Å². The van der Waals surface area contributed by atoms with E-state index in [9.17, 15) is 9.59 Å². The van der Waals surface area contributed by atoms with Crippen molar-refractivity contribution in [3.8, 4) is 11.5 Å². The van der Waals surface area contributed by atoms with Gasteiger partial charge < -0.3 is 14.8 Å². The Bertz CT molecular complexity index is 1070. The number of para-hydroxylation sites is 1. The molecule has 148 valence electrons. The van der Waals surface area contributed by atoms with Gasteiger partial charge in [0.05, 0.1) is 12.1 Å². The van der Waals surface area contributed by atoms with Crippen LogP contribution < -0.4 is 20.1 Å². The highest BCUT2D eigenvalue weighted by Crippen LogP contribution is 2.32. The maximum Gasteiger partial charge on any atom is 0.257 e. The summed E-state index contributed by atoms with van der Waals surface area (Å²) in [6.45, 7) is 4.06. The van der Waals surface area contributed by atoms with E-state index in [0.29, 0.717) is 27.9 Å². The van der Waals surface area contributed by atoms with Gasteiger partial charge in [-0.2, -0.15) is 0 Å². The molecule has 1 aliphatic heterocycles. The lowest BCUT2D eigenvalue weighted by Gasteiger charge is -2.10.